The Morgan fingerprint density at radius 1 is 1.15 bits per heavy atom. The number of pyridine rings is 2. The minimum absolute atomic E-state index is 0.0976. The van der Waals surface area contributed by atoms with E-state index in [1.165, 1.54) is 6.07 Å². The third-order valence-corrected chi connectivity index (χ3v) is 4.91. The van der Waals surface area contributed by atoms with Crippen molar-refractivity contribution in [3.63, 3.8) is 0 Å². The van der Waals surface area contributed by atoms with E-state index in [0.717, 1.165) is 21.3 Å². The molecule has 0 saturated heterocycles. The van der Waals surface area contributed by atoms with E-state index < -0.39 is 0 Å². The summed E-state index contributed by atoms with van der Waals surface area (Å²) in [6, 6.07) is 9.23. The summed E-state index contributed by atoms with van der Waals surface area (Å²) in [5, 5.41) is 8.51. The van der Waals surface area contributed by atoms with Crippen LogP contribution in [0.5, 0.6) is 0 Å². The fraction of sp³-hybridized carbons (Fsp3) is 0.0556. The summed E-state index contributed by atoms with van der Waals surface area (Å²) in [5.41, 5.74) is 5.31. The highest BCUT2D eigenvalue weighted by Crippen LogP contribution is 2.33. The molecule has 126 valence electrons. The van der Waals surface area contributed by atoms with Gasteiger partial charge in [0.15, 0.2) is 5.43 Å². The van der Waals surface area contributed by atoms with Crippen LogP contribution in [0.15, 0.2) is 51.3 Å². The Hall–Kier alpha value is -3.39. The van der Waals surface area contributed by atoms with Crippen LogP contribution in [0.4, 0.5) is 0 Å². The van der Waals surface area contributed by atoms with Gasteiger partial charge in [-0.05, 0) is 23.8 Å². The molecule has 7 nitrogen and oxygen atoms in total. The Morgan fingerprint density at radius 2 is 2.08 bits per heavy atom. The number of thiazole rings is 1. The quantitative estimate of drug-likeness (QED) is 0.516. The van der Waals surface area contributed by atoms with Crippen molar-refractivity contribution in [2.45, 2.75) is 6.92 Å². The van der Waals surface area contributed by atoms with Crippen LogP contribution in [-0.4, -0.2) is 25.1 Å². The Kier molecular flexibility index (Phi) is 3.19. The first-order chi connectivity index (χ1) is 12.7. The van der Waals surface area contributed by atoms with E-state index in [-0.39, 0.29) is 5.43 Å². The van der Waals surface area contributed by atoms with Gasteiger partial charge < -0.3 is 9.40 Å². The van der Waals surface area contributed by atoms with Crippen molar-refractivity contribution < 1.29 is 4.42 Å². The lowest BCUT2D eigenvalue weighted by atomic mass is 10.0. The SMILES string of the molecule is Cc1nnc(-c2nc3[nH]ccc(=O)c3cc2-c2ccc3ncsc3c2)o1. The summed E-state index contributed by atoms with van der Waals surface area (Å²) in [5.74, 6) is 0.765. The number of rotatable bonds is 2. The Morgan fingerprint density at radius 3 is 2.92 bits per heavy atom. The topological polar surface area (TPSA) is 97.6 Å². The van der Waals surface area contributed by atoms with Gasteiger partial charge in [-0.25, -0.2) is 9.97 Å². The predicted octanol–water partition coefficient (Wildman–Crippen LogP) is 3.56. The Labute approximate surface area is 150 Å². The van der Waals surface area contributed by atoms with Crippen LogP contribution < -0.4 is 5.43 Å². The molecule has 0 aliphatic carbocycles. The highest BCUT2D eigenvalue weighted by Gasteiger charge is 2.18. The fourth-order valence-electron chi connectivity index (χ4n) is 2.90. The minimum Gasteiger partial charge on any atom is -0.420 e. The molecule has 1 N–H and O–H groups in total. The smallest absolute Gasteiger partial charge is 0.267 e. The molecule has 1 aromatic carbocycles. The number of H-pyrrole nitrogens is 1. The monoisotopic (exact) mass is 361 g/mol. The minimum atomic E-state index is -0.0976. The molecule has 0 radical (unpaired) electrons. The van der Waals surface area contributed by atoms with Gasteiger partial charge >= 0.3 is 0 Å². The van der Waals surface area contributed by atoms with Crippen molar-refractivity contribution in [3.05, 3.63) is 58.2 Å². The van der Waals surface area contributed by atoms with Gasteiger partial charge in [0, 0.05) is 24.8 Å². The maximum absolute atomic E-state index is 12.3. The number of aromatic amines is 1. The van der Waals surface area contributed by atoms with Crippen LogP contribution in [0.25, 0.3) is 44.0 Å². The molecule has 4 aromatic heterocycles. The second kappa shape index (κ2) is 5.57. The van der Waals surface area contributed by atoms with Crippen LogP contribution >= 0.6 is 11.3 Å². The number of aromatic nitrogens is 5. The van der Waals surface area contributed by atoms with E-state index in [4.69, 9.17) is 4.42 Å². The summed E-state index contributed by atoms with van der Waals surface area (Å²) in [4.78, 5) is 24.2. The van der Waals surface area contributed by atoms with Crippen molar-refractivity contribution in [1.82, 2.24) is 25.1 Å². The van der Waals surface area contributed by atoms with E-state index in [0.29, 0.717) is 28.5 Å². The number of fused-ring (bicyclic) bond motifs is 2. The molecule has 0 aliphatic heterocycles. The molecule has 8 heteroatoms. The van der Waals surface area contributed by atoms with Crippen molar-refractivity contribution in [2.75, 3.05) is 0 Å². The zero-order chi connectivity index (χ0) is 17.7. The lowest BCUT2D eigenvalue weighted by molar-refractivity contribution is 0.531. The molecule has 5 rings (SSSR count). The van der Waals surface area contributed by atoms with E-state index in [1.54, 1.807) is 30.0 Å². The number of nitrogens with zero attached hydrogens (tertiary/aromatic N) is 4. The van der Waals surface area contributed by atoms with Gasteiger partial charge in [0.1, 0.15) is 11.3 Å². The molecule has 0 atom stereocenters. The maximum Gasteiger partial charge on any atom is 0.267 e. The third-order valence-electron chi connectivity index (χ3n) is 4.11. The summed E-state index contributed by atoms with van der Waals surface area (Å²) < 4.78 is 6.65. The lowest BCUT2D eigenvalue weighted by Gasteiger charge is -2.08. The van der Waals surface area contributed by atoms with Crippen LogP contribution in [0.1, 0.15) is 5.89 Å². The van der Waals surface area contributed by atoms with Gasteiger partial charge in [0.2, 0.25) is 5.89 Å². The largest absolute Gasteiger partial charge is 0.420 e. The number of benzene rings is 1. The molecule has 0 bridgehead atoms. The van der Waals surface area contributed by atoms with Gasteiger partial charge in [-0.2, -0.15) is 0 Å². The van der Waals surface area contributed by atoms with E-state index in [1.807, 2.05) is 24.3 Å². The van der Waals surface area contributed by atoms with Crippen LogP contribution in [-0.2, 0) is 0 Å². The molecular formula is C18H11N5O2S. The average Bonchev–Trinajstić information content (AvgIpc) is 3.29. The first kappa shape index (κ1) is 14.9. The molecule has 26 heavy (non-hydrogen) atoms. The van der Waals surface area contributed by atoms with Crippen molar-refractivity contribution in [2.24, 2.45) is 0 Å². The average molecular weight is 361 g/mol. The third kappa shape index (κ3) is 2.31. The second-order valence-corrected chi connectivity index (χ2v) is 6.67. The van der Waals surface area contributed by atoms with Crippen LogP contribution in [0.3, 0.4) is 0 Å². The van der Waals surface area contributed by atoms with E-state index >= 15 is 0 Å². The molecule has 0 aliphatic rings. The molecule has 0 unspecified atom stereocenters. The molecule has 4 heterocycles. The molecule has 0 spiro atoms. The number of aryl methyl sites for hydroxylation is 1. The fourth-order valence-corrected chi connectivity index (χ4v) is 3.61. The molecular weight excluding hydrogens is 350 g/mol. The van der Waals surface area contributed by atoms with Gasteiger partial charge in [0.25, 0.3) is 5.89 Å². The Balaban J connectivity index is 1.86. The first-order valence-electron chi connectivity index (χ1n) is 7.85. The number of hydrogen-bond acceptors (Lipinski definition) is 7. The normalized spacial score (nSPS) is 11.4. The first-order valence-corrected chi connectivity index (χ1v) is 8.73. The van der Waals surface area contributed by atoms with E-state index in [2.05, 4.69) is 25.1 Å². The molecule has 0 fully saturated rings. The molecule has 0 saturated carbocycles. The van der Waals surface area contributed by atoms with Crippen LogP contribution in [0.2, 0.25) is 0 Å². The zero-order valence-electron chi connectivity index (χ0n) is 13.6. The molecule has 5 aromatic rings. The summed E-state index contributed by atoms with van der Waals surface area (Å²) >= 11 is 1.56. The maximum atomic E-state index is 12.3. The highest BCUT2D eigenvalue weighted by molar-refractivity contribution is 7.16. The summed E-state index contributed by atoms with van der Waals surface area (Å²) in [6.07, 6.45) is 1.57. The summed E-state index contributed by atoms with van der Waals surface area (Å²) in [7, 11) is 0. The van der Waals surface area contributed by atoms with E-state index in [9.17, 15) is 4.79 Å². The standard InChI is InChI=1S/C18H11N5O2S/c1-9-22-23-18(25-9)16-11(7-12-14(24)4-5-19-17(12)21-16)10-2-3-13-15(6-10)26-8-20-13/h2-8H,1H3,(H,19,21,24). The zero-order valence-corrected chi connectivity index (χ0v) is 14.4. The predicted molar refractivity (Wildman–Crippen MR) is 99.0 cm³/mol. The van der Waals surface area contributed by atoms with Crippen molar-refractivity contribution >= 4 is 32.6 Å². The van der Waals surface area contributed by atoms with Gasteiger partial charge in [0.05, 0.1) is 21.1 Å². The van der Waals surface area contributed by atoms with Crippen molar-refractivity contribution in [1.29, 1.82) is 0 Å². The number of hydrogen-bond donors (Lipinski definition) is 1. The Bertz CT molecular complexity index is 1330. The summed E-state index contributed by atoms with van der Waals surface area (Å²) in [6.45, 7) is 1.72. The van der Waals surface area contributed by atoms with Crippen molar-refractivity contribution in [3.8, 4) is 22.7 Å². The second-order valence-electron chi connectivity index (χ2n) is 5.78. The highest BCUT2D eigenvalue weighted by atomic mass is 32.1. The van der Waals surface area contributed by atoms with Crippen LogP contribution in [0, 0.1) is 6.92 Å². The van der Waals surface area contributed by atoms with Gasteiger partial charge in [-0.1, -0.05) is 6.07 Å². The number of nitrogens with one attached hydrogen (secondary N) is 1. The molecule has 0 amide bonds. The van der Waals surface area contributed by atoms with Gasteiger partial charge in [-0.15, -0.1) is 21.5 Å². The van der Waals surface area contributed by atoms with Gasteiger partial charge in [-0.3, -0.25) is 4.79 Å². The lowest BCUT2D eigenvalue weighted by Crippen LogP contribution is -2.03.